The monoisotopic (exact) mass is 185 g/mol. The summed E-state index contributed by atoms with van der Waals surface area (Å²) in [6, 6.07) is 0.499. The Labute approximate surface area is 79.7 Å². The van der Waals surface area contributed by atoms with Gasteiger partial charge in [0.1, 0.15) is 0 Å². The summed E-state index contributed by atoms with van der Waals surface area (Å²) in [7, 11) is 2.08. The molecule has 0 radical (unpaired) electrons. The predicted molar refractivity (Wildman–Crippen MR) is 51.7 cm³/mol. The smallest absolute Gasteiger partial charge is 0.303 e. The van der Waals surface area contributed by atoms with Gasteiger partial charge in [0.25, 0.3) is 0 Å². The molecule has 3 heteroatoms. The molecule has 1 saturated heterocycles. The molecule has 1 heterocycles. The highest BCUT2D eigenvalue weighted by molar-refractivity contribution is 5.67. The summed E-state index contributed by atoms with van der Waals surface area (Å²) < 4.78 is 0. The summed E-state index contributed by atoms with van der Waals surface area (Å²) in [5.74, 6) is -0.398. The molecule has 1 N–H and O–H groups in total. The van der Waals surface area contributed by atoms with E-state index in [4.69, 9.17) is 5.11 Å². The first kappa shape index (κ1) is 10.5. The summed E-state index contributed by atoms with van der Waals surface area (Å²) in [6.07, 6.45) is 1.29. The Morgan fingerprint density at radius 2 is 2.15 bits per heavy atom. The first-order valence-corrected chi connectivity index (χ1v) is 4.80. The molecule has 3 nitrogen and oxygen atoms in total. The average Bonchev–Trinajstić information content (AvgIpc) is 2.15. The fourth-order valence-corrected chi connectivity index (χ4v) is 2.26. The molecule has 0 bridgehead atoms. The third kappa shape index (κ3) is 1.85. The number of hydrogen-bond acceptors (Lipinski definition) is 2. The second-order valence-electron chi connectivity index (χ2n) is 4.64. The van der Waals surface area contributed by atoms with Crippen LogP contribution in [0.2, 0.25) is 0 Å². The molecule has 2 atom stereocenters. The van der Waals surface area contributed by atoms with Crippen molar-refractivity contribution < 1.29 is 9.90 Å². The zero-order chi connectivity index (χ0) is 10.2. The van der Waals surface area contributed by atoms with Gasteiger partial charge in [-0.2, -0.15) is 0 Å². The van der Waals surface area contributed by atoms with Gasteiger partial charge in [0.2, 0.25) is 0 Å². The summed E-state index contributed by atoms with van der Waals surface area (Å²) in [5.41, 5.74) is 0.0256. The van der Waals surface area contributed by atoms with Crippen molar-refractivity contribution in [2.45, 2.75) is 45.2 Å². The number of likely N-dealkylation sites (tertiary alicyclic amines) is 1. The molecule has 0 aliphatic carbocycles. The van der Waals surface area contributed by atoms with Crippen LogP contribution < -0.4 is 0 Å². The van der Waals surface area contributed by atoms with Gasteiger partial charge in [0, 0.05) is 18.0 Å². The van der Waals surface area contributed by atoms with Gasteiger partial charge in [-0.3, -0.25) is 9.69 Å². The molecular formula is C10H19NO2. The van der Waals surface area contributed by atoms with Crippen molar-refractivity contribution in [3.8, 4) is 0 Å². The first-order valence-electron chi connectivity index (χ1n) is 4.80. The van der Waals surface area contributed by atoms with Gasteiger partial charge in [-0.25, -0.2) is 0 Å². The van der Waals surface area contributed by atoms with Crippen LogP contribution in [0.5, 0.6) is 0 Å². The van der Waals surface area contributed by atoms with E-state index in [1.54, 1.807) is 0 Å². The van der Waals surface area contributed by atoms with Gasteiger partial charge < -0.3 is 5.11 Å². The lowest BCUT2D eigenvalue weighted by Crippen LogP contribution is -2.42. The van der Waals surface area contributed by atoms with E-state index in [0.717, 1.165) is 6.42 Å². The van der Waals surface area contributed by atoms with Gasteiger partial charge in [-0.15, -0.1) is 0 Å². The third-order valence-corrected chi connectivity index (χ3v) is 3.62. The molecule has 1 aliphatic rings. The fraction of sp³-hybridized carbons (Fsp3) is 0.900. The molecule has 1 aliphatic heterocycles. The summed E-state index contributed by atoms with van der Waals surface area (Å²) >= 11 is 0. The third-order valence-electron chi connectivity index (χ3n) is 3.62. The largest absolute Gasteiger partial charge is 0.481 e. The van der Waals surface area contributed by atoms with E-state index in [1.165, 1.54) is 0 Å². The van der Waals surface area contributed by atoms with Crippen LogP contribution in [0.4, 0.5) is 0 Å². The van der Waals surface area contributed by atoms with E-state index < -0.39 is 5.97 Å². The number of carboxylic acid groups (broad SMARTS) is 1. The molecule has 0 spiro atoms. The van der Waals surface area contributed by atoms with Gasteiger partial charge >= 0.3 is 5.97 Å². The van der Waals surface area contributed by atoms with Crippen molar-refractivity contribution in [2.24, 2.45) is 5.92 Å². The van der Waals surface area contributed by atoms with Crippen molar-refractivity contribution in [2.75, 3.05) is 7.05 Å². The standard InChI is InChI=1S/C10H19NO2/c1-7-5-8(6-9(12)13)10(2,3)11(7)4/h7-8H,5-6H2,1-4H3,(H,12,13). The van der Waals surface area contributed by atoms with Crippen LogP contribution in [-0.2, 0) is 4.79 Å². The van der Waals surface area contributed by atoms with Gasteiger partial charge in [0.05, 0.1) is 0 Å². The Hall–Kier alpha value is -0.570. The average molecular weight is 185 g/mol. The Kier molecular flexibility index (Phi) is 2.66. The highest BCUT2D eigenvalue weighted by Gasteiger charge is 2.43. The van der Waals surface area contributed by atoms with E-state index in [0.29, 0.717) is 12.5 Å². The number of nitrogens with zero attached hydrogens (tertiary/aromatic N) is 1. The maximum absolute atomic E-state index is 10.6. The molecule has 0 saturated carbocycles. The Morgan fingerprint density at radius 1 is 1.62 bits per heavy atom. The molecule has 76 valence electrons. The zero-order valence-corrected chi connectivity index (χ0v) is 8.87. The molecule has 0 aromatic rings. The van der Waals surface area contributed by atoms with Crippen molar-refractivity contribution in [3.63, 3.8) is 0 Å². The molecule has 1 fully saturated rings. The highest BCUT2D eigenvalue weighted by Crippen LogP contribution is 2.39. The molecule has 0 aromatic heterocycles. The predicted octanol–water partition coefficient (Wildman–Crippen LogP) is 1.58. The molecule has 13 heavy (non-hydrogen) atoms. The van der Waals surface area contributed by atoms with Crippen LogP contribution in [-0.4, -0.2) is 34.6 Å². The second-order valence-corrected chi connectivity index (χ2v) is 4.64. The maximum Gasteiger partial charge on any atom is 0.303 e. The minimum absolute atomic E-state index is 0.0256. The van der Waals surface area contributed by atoms with Crippen molar-refractivity contribution in [3.05, 3.63) is 0 Å². The van der Waals surface area contributed by atoms with Crippen molar-refractivity contribution >= 4 is 5.97 Å². The van der Waals surface area contributed by atoms with Crippen LogP contribution in [0, 0.1) is 5.92 Å². The summed E-state index contributed by atoms with van der Waals surface area (Å²) in [6.45, 7) is 6.41. The Bertz CT molecular complexity index is 213. The topological polar surface area (TPSA) is 40.5 Å². The number of rotatable bonds is 2. The number of carbonyl (C=O) groups is 1. The lowest BCUT2D eigenvalue weighted by Gasteiger charge is -2.34. The SMILES string of the molecule is CC1CC(CC(=O)O)C(C)(C)N1C. The van der Waals surface area contributed by atoms with E-state index >= 15 is 0 Å². The molecule has 1 rings (SSSR count). The van der Waals surface area contributed by atoms with Crippen LogP contribution in [0.15, 0.2) is 0 Å². The Morgan fingerprint density at radius 3 is 2.46 bits per heavy atom. The van der Waals surface area contributed by atoms with Crippen LogP contribution >= 0.6 is 0 Å². The Balaban J connectivity index is 2.72. The van der Waals surface area contributed by atoms with E-state index in [9.17, 15) is 4.79 Å². The van der Waals surface area contributed by atoms with Crippen LogP contribution in [0.3, 0.4) is 0 Å². The fourth-order valence-electron chi connectivity index (χ4n) is 2.26. The second kappa shape index (κ2) is 3.29. The normalized spacial score (nSPS) is 33.5. The number of carboxylic acids is 1. The maximum atomic E-state index is 10.6. The van der Waals surface area contributed by atoms with Crippen LogP contribution in [0.1, 0.15) is 33.6 Å². The summed E-state index contributed by atoms with van der Waals surface area (Å²) in [5, 5.41) is 8.76. The van der Waals surface area contributed by atoms with E-state index in [-0.39, 0.29) is 11.5 Å². The van der Waals surface area contributed by atoms with Crippen molar-refractivity contribution in [1.29, 1.82) is 0 Å². The van der Waals surface area contributed by atoms with Crippen LogP contribution in [0.25, 0.3) is 0 Å². The molecular weight excluding hydrogens is 166 g/mol. The highest BCUT2D eigenvalue weighted by atomic mass is 16.4. The number of aliphatic carboxylic acids is 1. The van der Waals surface area contributed by atoms with Crippen molar-refractivity contribution in [1.82, 2.24) is 4.90 Å². The van der Waals surface area contributed by atoms with Gasteiger partial charge in [0.15, 0.2) is 0 Å². The lowest BCUT2D eigenvalue weighted by atomic mass is 9.86. The van der Waals surface area contributed by atoms with E-state index in [1.807, 2.05) is 0 Å². The zero-order valence-electron chi connectivity index (χ0n) is 8.87. The lowest BCUT2D eigenvalue weighted by molar-refractivity contribution is -0.138. The minimum Gasteiger partial charge on any atom is -0.481 e. The minimum atomic E-state index is -0.680. The van der Waals surface area contributed by atoms with Gasteiger partial charge in [-0.1, -0.05) is 0 Å². The first-order chi connectivity index (χ1) is 5.85. The molecule has 2 unspecified atom stereocenters. The van der Waals surface area contributed by atoms with E-state index in [2.05, 4.69) is 32.7 Å². The van der Waals surface area contributed by atoms with Gasteiger partial charge in [-0.05, 0) is 40.2 Å². The quantitative estimate of drug-likeness (QED) is 0.710. The molecule has 0 amide bonds. The summed E-state index contributed by atoms with van der Waals surface area (Å²) in [4.78, 5) is 12.9. The molecule has 0 aromatic carbocycles. The number of hydrogen-bond donors (Lipinski definition) is 1.